The summed E-state index contributed by atoms with van der Waals surface area (Å²) in [5.74, 6) is 0.0708. The SMILES string of the molecule is CCc1cnc2c(C(F)(F)F)cccc2c1-c1cccc(O)c1. The molecule has 2 nitrogen and oxygen atoms in total. The van der Waals surface area contributed by atoms with Gasteiger partial charge in [-0.3, -0.25) is 4.98 Å². The third-order valence-corrected chi connectivity index (χ3v) is 3.80. The number of halogens is 3. The van der Waals surface area contributed by atoms with E-state index in [1.165, 1.54) is 18.3 Å². The van der Waals surface area contributed by atoms with Gasteiger partial charge in [0.05, 0.1) is 11.1 Å². The highest BCUT2D eigenvalue weighted by Crippen LogP contribution is 2.38. The van der Waals surface area contributed by atoms with Gasteiger partial charge in [-0.25, -0.2) is 0 Å². The summed E-state index contributed by atoms with van der Waals surface area (Å²) < 4.78 is 39.7. The summed E-state index contributed by atoms with van der Waals surface area (Å²) in [5.41, 5.74) is 1.37. The van der Waals surface area contributed by atoms with Crippen molar-refractivity contribution in [3.05, 3.63) is 59.8 Å². The van der Waals surface area contributed by atoms with Crippen LogP contribution in [0.1, 0.15) is 18.1 Å². The van der Waals surface area contributed by atoms with E-state index in [1.54, 1.807) is 24.3 Å². The molecule has 5 heteroatoms. The van der Waals surface area contributed by atoms with Gasteiger partial charge in [0, 0.05) is 11.6 Å². The molecule has 1 N–H and O–H groups in total. The minimum atomic E-state index is -4.46. The molecule has 3 rings (SSSR count). The van der Waals surface area contributed by atoms with Gasteiger partial charge < -0.3 is 5.11 Å². The van der Waals surface area contributed by atoms with Crippen LogP contribution in [0, 0.1) is 0 Å². The number of phenolic OH excluding ortho intramolecular Hbond substituents is 1. The number of aryl methyl sites for hydroxylation is 1. The summed E-state index contributed by atoms with van der Waals surface area (Å²) in [7, 11) is 0. The van der Waals surface area contributed by atoms with Crippen molar-refractivity contribution in [3.8, 4) is 16.9 Å². The highest BCUT2D eigenvalue weighted by molar-refractivity contribution is 5.97. The second-order valence-corrected chi connectivity index (χ2v) is 5.26. The van der Waals surface area contributed by atoms with E-state index in [-0.39, 0.29) is 11.3 Å². The number of phenols is 1. The number of aromatic hydroxyl groups is 1. The van der Waals surface area contributed by atoms with Crippen LogP contribution in [0.2, 0.25) is 0 Å². The molecule has 118 valence electrons. The Hall–Kier alpha value is -2.56. The van der Waals surface area contributed by atoms with Gasteiger partial charge in [0.25, 0.3) is 0 Å². The lowest BCUT2D eigenvalue weighted by Crippen LogP contribution is -2.07. The predicted octanol–water partition coefficient (Wildman–Crippen LogP) is 5.19. The predicted molar refractivity (Wildman–Crippen MR) is 83.2 cm³/mol. The number of hydrogen-bond donors (Lipinski definition) is 1. The third kappa shape index (κ3) is 2.74. The number of benzene rings is 2. The number of para-hydroxylation sites is 1. The fraction of sp³-hybridized carbons (Fsp3) is 0.167. The van der Waals surface area contributed by atoms with Crippen LogP contribution in [0.4, 0.5) is 13.2 Å². The standard InChI is InChI=1S/C18H14F3NO/c1-2-11-10-22-17-14(7-4-8-15(17)18(19,20)21)16(11)12-5-3-6-13(23)9-12/h3-10,23H,2H2,1H3. The number of fused-ring (bicyclic) bond motifs is 1. The molecule has 0 radical (unpaired) electrons. The van der Waals surface area contributed by atoms with Crippen molar-refractivity contribution in [1.29, 1.82) is 0 Å². The first-order valence-corrected chi connectivity index (χ1v) is 7.19. The average molecular weight is 317 g/mol. The van der Waals surface area contributed by atoms with E-state index in [2.05, 4.69) is 4.98 Å². The lowest BCUT2D eigenvalue weighted by atomic mass is 9.94. The molecule has 23 heavy (non-hydrogen) atoms. The Morgan fingerprint density at radius 3 is 2.48 bits per heavy atom. The van der Waals surface area contributed by atoms with Gasteiger partial charge in [-0.2, -0.15) is 13.2 Å². The monoisotopic (exact) mass is 317 g/mol. The zero-order valence-electron chi connectivity index (χ0n) is 12.4. The first kappa shape index (κ1) is 15.3. The Bertz CT molecular complexity index is 872. The molecule has 0 atom stereocenters. The molecule has 0 fully saturated rings. The Balaban J connectivity index is 2.40. The molecule has 0 saturated carbocycles. The molecule has 0 bridgehead atoms. The lowest BCUT2D eigenvalue weighted by molar-refractivity contribution is -0.136. The maximum absolute atomic E-state index is 13.2. The largest absolute Gasteiger partial charge is 0.508 e. The Labute approximate surface area is 131 Å². The maximum Gasteiger partial charge on any atom is 0.418 e. The molecule has 0 aliphatic rings. The summed E-state index contributed by atoms with van der Waals surface area (Å²) in [6.07, 6.45) is -2.35. The topological polar surface area (TPSA) is 33.1 Å². The van der Waals surface area contributed by atoms with E-state index >= 15 is 0 Å². The molecular formula is C18H14F3NO. The summed E-state index contributed by atoms with van der Waals surface area (Å²) in [6, 6.07) is 10.6. The van der Waals surface area contributed by atoms with Crippen molar-refractivity contribution in [3.63, 3.8) is 0 Å². The zero-order chi connectivity index (χ0) is 16.6. The van der Waals surface area contributed by atoms with Crippen LogP contribution in [0.3, 0.4) is 0 Å². The van der Waals surface area contributed by atoms with Crippen LogP contribution < -0.4 is 0 Å². The number of aromatic nitrogens is 1. The number of nitrogens with zero attached hydrogens (tertiary/aromatic N) is 1. The molecule has 0 unspecified atom stereocenters. The molecule has 0 spiro atoms. The second kappa shape index (κ2) is 5.57. The highest BCUT2D eigenvalue weighted by atomic mass is 19.4. The Morgan fingerprint density at radius 1 is 1.09 bits per heavy atom. The highest BCUT2D eigenvalue weighted by Gasteiger charge is 2.33. The van der Waals surface area contributed by atoms with E-state index < -0.39 is 11.7 Å². The summed E-state index contributed by atoms with van der Waals surface area (Å²) in [5, 5.41) is 10.1. The molecule has 1 heterocycles. The van der Waals surface area contributed by atoms with Gasteiger partial charge in [-0.05, 0) is 41.3 Å². The van der Waals surface area contributed by atoms with E-state index in [9.17, 15) is 18.3 Å². The molecule has 0 aliphatic heterocycles. The first-order chi connectivity index (χ1) is 10.9. The Morgan fingerprint density at radius 2 is 1.83 bits per heavy atom. The fourth-order valence-electron chi connectivity index (χ4n) is 2.76. The molecular weight excluding hydrogens is 303 g/mol. The minimum absolute atomic E-state index is 0.0708. The summed E-state index contributed by atoms with van der Waals surface area (Å²) in [6.45, 7) is 1.92. The molecule has 0 saturated heterocycles. The van der Waals surface area contributed by atoms with Gasteiger partial charge >= 0.3 is 6.18 Å². The van der Waals surface area contributed by atoms with Gasteiger partial charge in [-0.1, -0.05) is 31.2 Å². The molecule has 2 aromatic carbocycles. The van der Waals surface area contributed by atoms with Crippen molar-refractivity contribution in [1.82, 2.24) is 4.98 Å². The lowest BCUT2D eigenvalue weighted by Gasteiger charge is -2.15. The van der Waals surface area contributed by atoms with Crippen LogP contribution in [0.15, 0.2) is 48.7 Å². The van der Waals surface area contributed by atoms with Gasteiger partial charge in [0.2, 0.25) is 0 Å². The van der Waals surface area contributed by atoms with E-state index in [1.807, 2.05) is 6.92 Å². The van der Waals surface area contributed by atoms with Crippen molar-refractivity contribution in [2.24, 2.45) is 0 Å². The van der Waals surface area contributed by atoms with Crippen LogP contribution >= 0.6 is 0 Å². The van der Waals surface area contributed by atoms with E-state index in [0.29, 0.717) is 22.9 Å². The number of pyridine rings is 1. The van der Waals surface area contributed by atoms with Gasteiger partial charge in [0.15, 0.2) is 0 Å². The van der Waals surface area contributed by atoms with E-state index in [0.717, 1.165) is 11.6 Å². The van der Waals surface area contributed by atoms with Gasteiger partial charge in [-0.15, -0.1) is 0 Å². The summed E-state index contributed by atoms with van der Waals surface area (Å²) in [4.78, 5) is 4.04. The first-order valence-electron chi connectivity index (χ1n) is 7.19. The molecule has 3 aromatic rings. The zero-order valence-corrected chi connectivity index (χ0v) is 12.4. The molecule has 0 amide bonds. The average Bonchev–Trinajstić information content (AvgIpc) is 2.52. The van der Waals surface area contributed by atoms with E-state index in [4.69, 9.17) is 0 Å². The van der Waals surface area contributed by atoms with Crippen molar-refractivity contribution >= 4 is 10.9 Å². The van der Waals surface area contributed by atoms with Crippen LogP contribution in [-0.2, 0) is 12.6 Å². The second-order valence-electron chi connectivity index (χ2n) is 5.26. The molecule has 0 aliphatic carbocycles. The van der Waals surface area contributed by atoms with Crippen LogP contribution in [0.5, 0.6) is 5.75 Å². The quantitative estimate of drug-likeness (QED) is 0.705. The number of hydrogen-bond acceptors (Lipinski definition) is 2. The summed E-state index contributed by atoms with van der Waals surface area (Å²) >= 11 is 0. The minimum Gasteiger partial charge on any atom is -0.508 e. The number of rotatable bonds is 2. The van der Waals surface area contributed by atoms with Crippen LogP contribution in [-0.4, -0.2) is 10.1 Å². The number of alkyl halides is 3. The van der Waals surface area contributed by atoms with Gasteiger partial charge in [0.1, 0.15) is 5.75 Å². The van der Waals surface area contributed by atoms with Crippen molar-refractivity contribution < 1.29 is 18.3 Å². The van der Waals surface area contributed by atoms with Crippen molar-refractivity contribution in [2.45, 2.75) is 19.5 Å². The normalized spacial score (nSPS) is 11.8. The molecule has 1 aromatic heterocycles. The van der Waals surface area contributed by atoms with Crippen LogP contribution in [0.25, 0.3) is 22.0 Å². The van der Waals surface area contributed by atoms with Crippen molar-refractivity contribution in [2.75, 3.05) is 0 Å². The third-order valence-electron chi connectivity index (χ3n) is 3.80. The smallest absolute Gasteiger partial charge is 0.418 e. The fourth-order valence-corrected chi connectivity index (χ4v) is 2.76. The maximum atomic E-state index is 13.2. The Kier molecular flexibility index (Phi) is 3.72.